The summed E-state index contributed by atoms with van der Waals surface area (Å²) < 4.78 is 13.4. The summed E-state index contributed by atoms with van der Waals surface area (Å²) in [4.78, 5) is 31.5. The summed E-state index contributed by atoms with van der Waals surface area (Å²) in [6.07, 6.45) is 3.90. The molecule has 1 amide bonds. The Morgan fingerprint density at radius 3 is 2.64 bits per heavy atom. The number of nitrogens with zero attached hydrogens (tertiary/aromatic N) is 5. The van der Waals surface area contributed by atoms with Crippen molar-refractivity contribution in [1.82, 2.24) is 25.2 Å². The summed E-state index contributed by atoms with van der Waals surface area (Å²) in [6, 6.07) is 19.7. The summed E-state index contributed by atoms with van der Waals surface area (Å²) in [7, 11) is 0. The molecule has 7 nitrogen and oxygen atoms in total. The highest BCUT2D eigenvalue weighted by Crippen LogP contribution is 2.29. The summed E-state index contributed by atoms with van der Waals surface area (Å²) in [5, 5.41) is 4.36. The topological polar surface area (TPSA) is 74.2 Å². The molecule has 0 spiro atoms. The van der Waals surface area contributed by atoms with Crippen molar-refractivity contribution in [2.24, 2.45) is 0 Å². The van der Waals surface area contributed by atoms with Gasteiger partial charge in [0.1, 0.15) is 5.82 Å². The van der Waals surface area contributed by atoms with E-state index < -0.39 is 0 Å². The fourth-order valence-corrected chi connectivity index (χ4v) is 4.73. The van der Waals surface area contributed by atoms with E-state index >= 15 is 0 Å². The molecule has 2 atom stereocenters. The minimum Gasteiger partial charge on any atom is -0.338 e. The van der Waals surface area contributed by atoms with Gasteiger partial charge in [-0.05, 0) is 42.4 Å². The summed E-state index contributed by atoms with van der Waals surface area (Å²) in [6.45, 7) is 4.34. The highest BCUT2D eigenvalue weighted by Gasteiger charge is 2.33. The first-order chi connectivity index (χ1) is 17.6. The molecule has 1 aliphatic rings. The zero-order valence-corrected chi connectivity index (χ0v) is 20.2. The number of amides is 1. The number of hydrogen-bond donors (Lipinski definition) is 1. The Labute approximate surface area is 210 Å². The van der Waals surface area contributed by atoms with Gasteiger partial charge in [0.15, 0.2) is 0 Å². The maximum Gasteiger partial charge on any atom is 0.226 e. The van der Waals surface area contributed by atoms with Gasteiger partial charge in [-0.2, -0.15) is 0 Å². The van der Waals surface area contributed by atoms with E-state index in [-0.39, 0.29) is 23.8 Å². The molecule has 1 N–H and O–H groups in total. The SMILES string of the molecule is CCN[C@H](CC(=O)N1CCN(c2ncc3ccccc3n2)[C@H](c2ccccn2)C1)c1ccc(F)cc1. The van der Waals surface area contributed by atoms with Crippen LogP contribution in [0.2, 0.25) is 0 Å². The van der Waals surface area contributed by atoms with Gasteiger partial charge in [-0.25, -0.2) is 14.4 Å². The average molecular weight is 485 g/mol. The number of carbonyl (C=O) groups excluding carboxylic acids is 1. The molecule has 3 heterocycles. The standard InChI is InChI=1S/C28H29FN6O/c1-2-30-25(20-10-12-22(29)13-11-20)17-27(36)34-15-16-35(26(19-34)24-9-5-6-14-31-24)28-32-18-21-7-3-4-8-23(21)33-28/h3-14,18,25-26,30H,2,15-17,19H2,1H3/t25-,26+/m1/s1. The van der Waals surface area contributed by atoms with Crippen molar-refractivity contribution < 1.29 is 9.18 Å². The van der Waals surface area contributed by atoms with Crippen molar-refractivity contribution >= 4 is 22.8 Å². The summed E-state index contributed by atoms with van der Waals surface area (Å²) in [5.41, 5.74) is 2.65. The molecule has 4 aromatic rings. The van der Waals surface area contributed by atoms with E-state index in [2.05, 4.69) is 20.2 Å². The monoisotopic (exact) mass is 484 g/mol. The minimum atomic E-state index is -0.287. The predicted octanol–water partition coefficient (Wildman–Crippen LogP) is 4.29. The Kier molecular flexibility index (Phi) is 7.13. The molecule has 0 radical (unpaired) electrons. The number of anilines is 1. The van der Waals surface area contributed by atoms with Crippen LogP contribution in [0, 0.1) is 5.82 Å². The van der Waals surface area contributed by atoms with Gasteiger partial charge < -0.3 is 15.1 Å². The lowest BCUT2D eigenvalue weighted by Crippen LogP contribution is -2.51. The molecule has 36 heavy (non-hydrogen) atoms. The Morgan fingerprint density at radius 1 is 1.06 bits per heavy atom. The number of hydrogen-bond acceptors (Lipinski definition) is 6. The van der Waals surface area contributed by atoms with Crippen molar-refractivity contribution in [2.45, 2.75) is 25.4 Å². The van der Waals surface area contributed by atoms with Crippen LogP contribution in [0.15, 0.2) is 79.1 Å². The van der Waals surface area contributed by atoms with Gasteiger partial charge in [-0.3, -0.25) is 9.78 Å². The number of halogens is 1. The number of para-hydroxylation sites is 1. The number of carbonyl (C=O) groups is 1. The van der Waals surface area contributed by atoms with Crippen molar-refractivity contribution in [3.05, 3.63) is 96.2 Å². The van der Waals surface area contributed by atoms with Gasteiger partial charge in [-0.15, -0.1) is 0 Å². The molecule has 1 saturated heterocycles. The van der Waals surface area contributed by atoms with Crippen molar-refractivity contribution in [1.29, 1.82) is 0 Å². The van der Waals surface area contributed by atoms with Crippen molar-refractivity contribution in [3.63, 3.8) is 0 Å². The number of pyridine rings is 1. The molecule has 1 fully saturated rings. The maximum absolute atomic E-state index is 13.5. The van der Waals surface area contributed by atoms with Gasteiger partial charge in [0, 0.05) is 49.9 Å². The molecule has 0 saturated carbocycles. The second kappa shape index (κ2) is 10.8. The van der Waals surface area contributed by atoms with Crippen LogP contribution in [-0.4, -0.2) is 51.9 Å². The zero-order valence-electron chi connectivity index (χ0n) is 20.2. The maximum atomic E-state index is 13.5. The largest absolute Gasteiger partial charge is 0.338 e. The first kappa shape index (κ1) is 23.8. The normalized spacial score (nSPS) is 16.8. The fraction of sp³-hybridized carbons (Fsp3) is 0.286. The molecule has 0 unspecified atom stereocenters. The lowest BCUT2D eigenvalue weighted by molar-refractivity contribution is -0.132. The second-order valence-corrected chi connectivity index (χ2v) is 8.90. The second-order valence-electron chi connectivity index (χ2n) is 8.90. The average Bonchev–Trinajstić information content (AvgIpc) is 2.93. The van der Waals surface area contributed by atoms with Gasteiger partial charge in [0.05, 0.1) is 17.3 Å². The van der Waals surface area contributed by atoms with E-state index in [1.807, 2.05) is 60.5 Å². The highest BCUT2D eigenvalue weighted by atomic mass is 19.1. The summed E-state index contributed by atoms with van der Waals surface area (Å²) in [5.74, 6) is 0.393. The molecular formula is C28H29FN6O. The van der Waals surface area contributed by atoms with Crippen molar-refractivity contribution in [2.75, 3.05) is 31.1 Å². The third-order valence-electron chi connectivity index (χ3n) is 6.60. The molecule has 0 bridgehead atoms. The number of fused-ring (bicyclic) bond motifs is 1. The zero-order chi connectivity index (χ0) is 24.9. The van der Waals surface area contributed by atoms with Crippen LogP contribution in [0.25, 0.3) is 10.9 Å². The fourth-order valence-electron chi connectivity index (χ4n) is 4.73. The van der Waals surface area contributed by atoms with Crippen LogP contribution in [0.5, 0.6) is 0 Å². The quantitative estimate of drug-likeness (QED) is 0.422. The van der Waals surface area contributed by atoms with Crippen LogP contribution in [0.3, 0.4) is 0 Å². The van der Waals surface area contributed by atoms with Gasteiger partial charge >= 0.3 is 0 Å². The molecule has 2 aromatic heterocycles. The summed E-state index contributed by atoms with van der Waals surface area (Å²) >= 11 is 0. The van der Waals surface area contributed by atoms with Crippen LogP contribution in [0.4, 0.5) is 10.3 Å². The highest BCUT2D eigenvalue weighted by molar-refractivity contribution is 5.79. The number of benzene rings is 2. The third kappa shape index (κ3) is 5.18. The number of aromatic nitrogens is 3. The first-order valence-electron chi connectivity index (χ1n) is 12.3. The van der Waals surface area contributed by atoms with Crippen LogP contribution >= 0.6 is 0 Å². The van der Waals surface area contributed by atoms with E-state index in [0.717, 1.165) is 22.2 Å². The van der Waals surface area contributed by atoms with E-state index in [1.54, 1.807) is 18.3 Å². The molecule has 5 rings (SSSR count). The minimum absolute atomic E-state index is 0.0466. The van der Waals surface area contributed by atoms with Gasteiger partial charge in [0.2, 0.25) is 11.9 Å². The molecular weight excluding hydrogens is 455 g/mol. The Balaban J connectivity index is 1.38. The van der Waals surface area contributed by atoms with E-state index in [9.17, 15) is 9.18 Å². The predicted molar refractivity (Wildman–Crippen MR) is 138 cm³/mol. The van der Waals surface area contributed by atoms with E-state index in [0.29, 0.717) is 38.5 Å². The Bertz CT molecular complexity index is 1320. The molecule has 1 aliphatic heterocycles. The lowest BCUT2D eigenvalue weighted by Gasteiger charge is -2.41. The molecule has 0 aliphatic carbocycles. The van der Waals surface area contributed by atoms with E-state index in [1.165, 1.54) is 12.1 Å². The smallest absolute Gasteiger partial charge is 0.226 e. The van der Waals surface area contributed by atoms with Gasteiger partial charge in [-0.1, -0.05) is 43.3 Å². The van der Waals surface area contributed by atoms with E-state index in [4.69, 9.17) is 4.98 Å². The molecule has 184 valence electrons. The number of rotatable bonds is 7. The molecule has 2 aromatic carbocycles. The number of nitrogens with one attached hydrogen (secondary N) is 1. The van der Waals surface area contributed by atoms with Gasteiger partial charge in [0.25, 0.3) is 0 Å². The third-order valence-corrected chi connectivity index (χ3v) is 6.60. The van der Waals surface area contributed by atoms with Crippen LogP contribution in [0.1, 0.15) is 36.7 Å². The van der Waals surface area contributed by atoms with Crippen molar-refractivity contribution in [3.8, 4) is 0 Å². The Morgan fingerprint density at radius 2 is 1.86 bits per heavy atom. The number of piperazine rings is 1. The molecule has 8 heteroatoms. The first-order valence-corrected chi connectivity index (χ1v) is 12.3. The van der Waals surface area contributed by atoms with Crippen LogP contribution in [-0.2, 0) is 4.79 Å². The lowest BCUT2D eigenvalue weighted by atomic mass is 10.0. The van der Waals surface area contributed by atoms with Crippen LogP contribution < -0.4 is 10.2 Å². The Hall–Kier alpha value is -3.91.